The Morgan fingerprint density at radius 2 is 1.32 bits per heavy atom. The van der Waals surface area contributed by atoms with Gasteiger partial charge in [0.05, 0.1) is 0 Å². The molecule has 0 aromatic heterocycles. The van der Waals surface area contributed by atoms with Crippen LogP contribution >= 0.6 is 0 Å². The molecule has 0 amide bonds. The average Bonchev–Trinajstić information content (AvgIpc) is 2.35. The Morgan fingerprint density at radius 1 is 0.684 bits per heavy atom. The highest BCUT2D eigenvalue weighted by Crippen LogP contribution is 2.21. The minimum absolute atomic E-state index is 0.874. The molecule has 0 aliphatic heterocycles. The smallest absolute Gasteiger partial charge is 0.00161 e. The van der Waals surface area contributed by atoms with Crippen molar-refractivity contribution in [3.63, 3.8) is 0 Å². The molecular weight excluding hydrogens is 230 g/mol. The first kappa shape index (κ1) is 19.0. The lowest BCUT2D eigenvalue weighted by molar-refractivity contribution is 0.241. The molecule has 0 aliphatic carbocycles. The highest BCUT2D eigenvalue weighted by molar-refractivity contribution is 4.65. The van der Waals surface area contributed by atoms with Gasteiger partial charge in [0.1, 0.15) is 0 Å². The van der Waals surface area contributed by atoms with Gasteiger partial charge in [0, 0.05) is 0 Å². The number of rotatable bonds is 13. The van der Waals surface area contributed by atoms with Gasteiger partial charge >= 0.3 is 0 Å². The van der Waals surface area contributed by atoms with Crippen LogP contribution in [0.2, 0.25) is 0 Å². The van der Waals surface area contributed by atoms with Crippen molar-refractivity contribution in [1.29, 1.82) is 0 Å². The number of nitrogens with zero attached hydrogens (tertiary/aromatic N) is 1. The van der Waals surface area contributed by atoms with Gasteiger partial charge in [-0.1, -0.05) is 66.7 Å². The predicted molar refractivity (Wildman–Crippen MR) is 88.7 cm³/mol. The monoisotopic (exact) mass is 269 g/mol. The summed E-state index contributed by atoms with van der Waals surface area (Å²) in [5, 5.41) is 0. The van der Waals surface area contributed by atoms with Crippen molar-refractivity contribution in [2.45, 2.75) is 86.0 Å². The molecule has 0 bridgehead atoms. The summed E-state index contributed by atoms with van der Waals surface area (Å²) in [6.45, 7) is 15.5. The summed E-state index contributed by atoms with van der Waals surface area (Å²) in [6, 6.07) is 0. The molecule has 0 spiro atoms. The Balaban J connectivity index is 3.95. The Labute approximate surface area is 123 Å². The van der Waals surface area contributed by atoms with E-state index >= 15 is 0 Å². The van der Waals surface area contributed by atoms with Gasteiger partial charge in [-0.15, -0.1) is 0 Å². The fourth-order valence-corrected chi connectivity index (χ4v) is 2.99. The third-order valence-electron chi connectivity index (χ3n) is 4.02. The van der Waals surface area contributed by atoms with Gasteiger partial charge in [0.25, 0.3) is 0 Å². The molecule has 0 heterocycles. The Morgan fingerprint density at radius 3 is 1.79 bits per heavy atom. The molecule has 1 unspecified atom stereocenters. The zero-order valence-electron chi connectivity index (χ0n) is 14.4. The molecule has 0 saturated carbocycles. The molecule has 0 N–H and O–H groups in total. The molecule has 116 valence electrons. The molecule has 0 saturated heterocycles. The average molecular weight is 270 g/mol. The standard InChI is InChI=1S/C18H39N/c1-6-10-18(12-9-11-17(4)5)13-16-19(14-7-2)15-8-3/h17-18H,6-16H2,1-5H3. The number of hydrogen-bond acceptors (Lipinski definition) is 1. The van der Waals surface area contributed by atoms with Crippen LogP contribution in [0.4, 0.5) is 0 Å². The second kappa shape index (κ2) is 13.0. The quantitative estimate of drug-likeness (QED) is 0.412. The topological polar surface area (TPSA) is 3.24 Å². The van der Waals surface area contributed by atoms with Gasteiger partial charge in [-0.3, -0.25) is 0 Å². The Hall–Kier alpha value is -0.0400. The van der Waals surface area contributed by atoms with Crippen LogP contribution in [0, 0.1) is 11.8 Å². The fraction of sp³-hybridized carbons (Fsp3) is 1.00. The summed E-state index contributed by atoms with van der Waals surface area (Å²) >= 11 is 0. The van der Waals surface area contributed by atoms with Crippen molar-refractivity contribution < 1.29 is 0 Å². The predicted octanol–water partition coefficient (Wildman–Crippen LogP) is 5.74. The first-order valence-electron chi connectivity index (χ1n) is 8.86. The third-order valence-corrected chi connectivity index (χ3v) is 4.02. The van der Waals surface area contributed by atoms with Crippen molar-refractivity contribution >= 4 is 0 Å². The molecule has 0 aromatic rings. The van der Waals surface area contributed by atoms with E-state index in [0.29, 0.717) is 0 Å². The van der Waals surface area contributed by atoms with Crippen LogP contribution in [-0.4, -0.2) is 24.5 Å². The molecule has 1 atom stereocenters. The van der Waals surface area contributed by atoms with Crippen LogP contribution in [0.5, 0.6) is 0 Å². The van der Waals surface area contributed by atoms with E-state index in [1.165, 1.54) is 71.0 Å². The maximum atomic E-state index is 2.67. The van der Waals surface area contributed by atoms with E-state index < -0.39 is 0 Å². The molecule has 0 aromatic carbocycles. The largest absolute Gasteiger partial charge is 0.303 e. The van der Waals surface area contributed by atoms with Gasteiger partial charge < -0.3 is 4.90 Å². The van der Waals surface area contributed by atoms with Crippen molar-refractivity contribution in [3.05, 3.63) is 0 Å². The van der Waals surface area contributed by atoms with Crippen LogP contribution in [0.1, 0.15) is 86.0 Å². The maximum absolute atomic E-state index is 2.67. The van der Waals surface area contributed by atoms with Gasteiger partial charge in [-0.2, -0.15) is 0 Å². The van der Waals surface area contributed by atoms with Crippen LogP contribution in [-0.2, 0) is 0 Å². The van der Waals surface area contributed by atoms with Gasteiger partial charge in [-0.25, -0.2) is 0 Å². The SMILES string of the molecule is CCCC(CCCC(C)C)CCN(CCC)CCC. The van der Waals surface area contributed by atoms with Crippen LogP contribution in [0.15, 0.2) is 0 Å². The Bertz CT molecular complexity index is 171. The van der Waals surface area contributed by atoms with E-state index in [0.717, 1.165) is 11.8 Å². The van der Waals surface area contributed by atoms with E-state index in [1.807, 2.05) is 0 Å². The zero-order valence-corrected chi connectivity index (χ0v) is 14.4. The zero-order chi connectivity index (χ0) is 14.5. The summed E-state index contributed by atoms with van der Waals surface area (Å²) in [4.78, 5) is 2.67. The van der Waals surface area contributed by atoms with E-state index in [4.69, 9.17) is 0 Å². The number of hydrogen-bond donors (Lipinski definition) is 0. The lowest BCUT2D eigenvalue weighted by Gasteiger charge is -2.24. The molecule has 19 heavy (non-hydrogen) atoms. The minimum atomic E-state index is 0.874. The van der Waals surface area contributed by atoms with Gasteiger partial charge in [0.2, 0.25) is 0 Å². The summed E-state index contributed by atoms with van der Waals surface area (Å²) in [7, 11) is 0. The molecule has 0 radical (unpaired) electrons. The molecule has 0 rings (SSSR count). The lowest BCUT2D eigenvalue weighted by atomic mass is 9.92. The van der Waals surface area contributed by atoms with Gasteiger partial charge in [-0.05, 0) is 50.7 Å². The fourth-order valence-electron chi connectivity index (χ4n) is 2.99. The third kappa shape index (κ3) is 11.5. The summed E-state index contributed by atoms with van der Waals surface area (Å²) in [5.41, 5.74) is 0. The maximum Gasteiger partial charge on any atom is -0.00161 e. The van der Waals surface area contributed by atoms with Crippen molar-refractivity contribution in [3.8, 4) is 0 Å². The van der Waals surface area contributed by atoms with E-state index in [-0.39, 0.29) is 0 Å². The molecule has 0 fully saturated rings. The Kier molecular flexibility index (Phi) is 12.9. The molecule has 1 nitrogen and oxygen atoms in total. The first-order chi connectivity index (χ1) is 9.13. The van der Waals surface area contributed by atoms with E-state index in [9.17, 15) is 0 Å². The second-order valence-corrected chi connectivity index (χ2v) is 6.61. The van der Waals surface area contributed by atoms with Crippen molar-refractivity contribution in [1.82, 2.24) is 4.90 Å². The molecule has 0 aliphatic rings. The summed E-state index contributed by atoms with van der Waals surface area (Å²) < 4.78 is 0. The van der Waals surface area contributed by atoms with E-state index in [2.05, 4.69) is 39.5 Å². The lowest BCUT2D eigenvalue weighted by Crippen LogP contribution is -2.28. The van der Waals surface area contributed by atoms with Crippen LogP contribution in [0.25, 0.3) is 0 Å². The van der Waals surface area contributed by atoms with Crippen molar-refractivity contribution in [2.24, 2.45) is 11.8 Å². The molecular formula is C18H39N. The normalized spacial score (nSPS) is 13.4. The van der Waals surface area contributed by atoms with Gasteiger partial charge in [0.15, 0.2) is 0 Å². The van der Waals surface area contributed by atoms with Crippen LogP contribution < -0.4 is 0 Å². The second-order valence-electron chi connectivity index (χ2n) is 6.61. The highest BCUT2D eigenvalue weighted by Gasteiger charge is 2.11. The van der Waals surface area contributed by atoms with Crippen molar-refractivity contribution in [2.75, 3.05) is 19.6 Å². The van der Waals surface area contributed by atoms with E-state index in [1.54, 1.807) is 0 Å². The highest BCUT2D eigenvalue weighted by atomic mass is 15.1. The summed E-state index contributed by atoms with van der Waals surface area (Å²) in [6.07, 6.45) is 11.1. The van der Waals surface area contributed by atoms with Crippen LogP contribution in [0.3, 0.4) is 0 Å². The first-order valence-corrected chi connectivity index (χ1v) is 8.86. The molecule has 1 heteroatoms. The minimum Gasteiger partial charge on any atom is -0.303 e. The summed E-state index contributed by atoms with van der Waals surface area (Å²) in [5.74, 6) is 1.85.